The number of nitrogens with one attached hydrogen (secondary N) is 1. The molecule has 1 aliphatic rings. The average molecular weight is 294 g/mol. The molecule has 1 amide bonds. The zero-order chi connectivity index (χ0) is 15.6. The van der Waals surface area contributed by atoms with Gasteiger partial charge in [0.15, 0.2) is 0 Å². The molecule has 1 aliphatic carbocycles. The molecule has 0 saturated heterocycles. The van der Waals surface area contributed by atoms with Crippen molar-refractivity contribution in [3.8, 4) is 0 Å². The van der Waals surface area contributed by atoms with Crippen LogP contribution in [0.15, 0.2) is 4.52 Å². The number of aliphatic carboxylic acids is 1. The molecule has 0 spiro atoms. The molecule has 1 atom stereocenters. The van der Waals surface area contributed by atoms with Crippen LogP contribution >= 0.6 is 0 Å². The topological polar surface area (TPSA) is 92.4 Å². The molecule has 2 N–H and O–H groups in total. The van der Waals surface area contributed by atoms with Crippen LogP contribution in [0.2, 0.25) is 0 Å². The first-order valence-corrected chi connectivity index (χ1v) is 7.28. The molecule has 0 radical (unpaired) electrons. The first kappa shape index (κ1) is 15.5. The third-order valence-corrected chi connectivity index (χ3v) is 4.36. The minimum Gasteiger partial charge on any atom is -0.481 e. The maximum absolute atomic E-state index is 12.1. The van der Waals surface area contributed by atoms with Crippen LogP contribution in [-0.2, 0) is 16.0 Å². The van der Waals surface area contributed by atoms with Crippen molar-refractivity contribution < 1.29 is 19.2 Å². The Morgan fingerprint density at radius 1 is 1.43 bits per heavy atom. The number of aromatic nitrogens is 1. The lowest BCUT2D eigenvalue weighted by atomic mass is 9.66. The van der Waals surface area contributed by atoms with Crippen LogP contribution in [0.5, 0.6) is 0 Å². The largest absolute Gasteiger partial charge is 0.481 e. The maximum atomic E-state index is 12.1. The van der Waals surface area contributed by atoms with Gasteiger partial charge in [0, 0.05) is 18.0 Å². The zero-order valence-corrected chi connectivity index (χ0v) is 12.7. The molecule has 6 nitrogen and oxygen atoms in total. The number of rotatable bonds is 6. The van der Waals surface area contributed by atoms with Gasteiger partial charge in [-0.3, -0.25) is 9.59 Å². The quantitative estimate of drug-likeness (QED) is 0.837. The highest BCUT2D eigenvalue weighted by atomic mass is 16.5. The second-order valence-corrected chi connectivity index (χ2v) is 6.09. The van der Waals surface area contributed by atoms with Gasteiger partial charge in [0.25, 0.3) is 0 Å². The van der Waals surface area contributed by atoms with Crippen molar-refractivity contribution in [3.63, 3.8) is 0 Å². The predicted molar refractivity (Wildman–Crippen MR) is 75.8 cm³/mol. The molecule has 1 fully saturated rings. The van der Waals surface area contributed by atoms with Crippen molar-refractivity contribution in [2.45, 2.75) is 58.9 Å². The Morgan fingerprint density at radius 2 is 2.10 bits per heavy atom. The summed E-state index contributed by atoms with van der Waals surface area (Å²) in [6, 6.07) is -0.0831. The van der Waals surface area contributed by atoms with Crippen LogP contribution in [0.25, 0.3) is 0 Å². The van der Waals surface area contributed by atoms with Crippen LogP contribution in [-0.4, -0.2) is 28.2 Å². The van der Waals surface area contributed by atoms with Crippen molar-refractivity contribution in [1.82, 2.24) is 10.5 Å². The summed E-state index contributed by atoms with van der Waals surface area (Å²) in [7, 11) is 0. The molecule has 2 rings (SSSR count). The van der Waals surface area contributed by atoms with Gasteiger partial charge in [0.2, 0.25) is 5.91 Å². The van der Waals surface area contributed by atoms with E-state index < -0.39 is 11.4 Å². The van der Waals surface area contributed by atoms with Gasteiger partial charge in [0.05, 0.1) is 11.1 Å². The molecule has 0 aliphatic heterocycles. The molecule has 1 aromatic heterocycles. The summed E-state index contributed by atoms with van der Waals surface area (Å²) in [5.41, 5.74) is 0.987. The number of carboxylic acids is 1. The fourth-order valence-corrected chi connectivity index (χ4v) is 2.85. The van der Waals surface area contributed by atoms with Gasteiger partial charge in [-0.15, -0.1) is 0 Å². The van der Waals surface area contributed by atoms with E-state index in [9.17, 15) is 14.7 Å². The Hall–Kier alpha value is -1.85. The predicted octanol–water partition coefficient (Wildman–Crippen LogP) is 1.98. The molecule has 21 heavy (non-hydrogen) atoms. The van der Waals surface area contributed by atoms with Gasteiger partial charge < -0.3 is 14.9 Å². The summed E-state index contributed by atoms with van der Waals surface area (Å²) in [5, 5.41) is 16.0. The number of hydrogen-bond donors (Lipinski definition) is 2. The number of carboxylic acid groups (broad SMARTS) is 1. The second-order valence-electron chi connectivity index (χ2n) is 6.09. The highest BCUT2D eigenvalue weighted by Crippen LogP contribution is 2.44. The van der Waals surface area contributed by atoms with Crippen molar-refractivity contribution in [3.05, 3.63) is 17.0 Å². The van der Waals surface area contributed by atoms with E-state index in [1.807, 2.05) is 20.8 Å². The molecule has 1 saturated carbocycles. The van der Waals surface area contributed by atoms with E-state index in [1.54, 1.807) is 0 Å². The maximum Gasteiger partial charge on any atom is 0.310 e. The van der Waals surface area contributed by atoms with Crippen molar-refractivity contribution >= 4 is 11.9 Å². The summed E-state index contributed by atoms with van der Waals surface area (Å²) in [5.74, 6) is -0.298. The molecule has 1 aromatic rings. The van der Waals surface area contributed by atoms with Crippen LogP contribution in [0, 0.1) is 19.3 Å². The third-order valence-electron chi connectivity index (χ3n) is 4.36. The van der Waals surface area contributed by atoms with Crippen LogP contribution in [0.3, 0.4) is 0 Å². The SMILES string of the molecule is Cc1noc(C)c1CC(C)NC(=O)CC1(C(=O)O)CCC1. The van der Waals surface area contributed by atoms with Crippen molar-refractivity contribution in [2.75, 3.05) is 0 Å². The standard InChI is InChI=1S/C15H22N2O4/c1-9(7-12-10(2)17-21-11(12)3)16-13(18)8-15(14(19)20)5-4-6-15/h9H,4-8H2,1-3H3,(H,16,18)(H,19,20). The smallest absolute Gasteiger partial charge is 0.310 e. The van der Waals surface area contributed by atoms with E-state index in [1.165, 1.54) is 0 Å². The lowest BCUT2D eigenvalue weighted by Crippen LogP contribution is -2.44. The number of amides is 1. The fraction of sp³-hybridized carbons (Fsp3) is 0.667. The van der Waals surface area contributed by atoms with Gasteiger partial charge in [-0.1, -0.05) is 11.6 Å². The molecular formula is C15H22N2O4. The molecule has 1 heterocycles. The van der Waals surface area contributed by atoms with Crippen LogP contribution in [0.4, 0.5) is 0 Å². The number of aryl methyl sites for hydroxylation is 2. The zero-order valence-electron chi connectivity index (χ0n) is 12.7. The summed E-state index contributed by atoms with van der Waals surface area (Å²) in [6.07, 6.45) is 2.76. The Bertz CT molecular complexity index is 526. The third kappa shape index (κ3) is 3.25. The summed E-state index contributed by atoms with van der Waals surface area (Å²) in [6.45, 7) is 5.61. The fourth-order valence-electron chi connectivity index (χ4n) is 2.85. The summed E-state index contributed by atoms with van der Waals surface area (Å²) < 4.78 is 5.10. The average Bonchev–Trinajstić information content (AvgIpc) is 2.65. The van der Waals surface area contributed by atoms with Gasteiger partial charge in [-0.2, -0.15) is 0 Å². The number of carbonyl (C=O) groups is 2. The minimum absolute atomic E-state index is 0.0638. The Kier molecular flexibility index (Phi) is 4.34. The van der Waals surface area contributed by atoms with Crippen molar-refractivity contribution in [2.24, 2.45) is 5.41 Å². The van der Waals surface area contributed by atoms with Gasteiger partial charge in [-0.05, 0) is 40.0 Å². The minimum atomic E-state index is -0.859. The number of hydrogen-bond acceptors (Lipinski definition) is 4. The van der Waals surface area contributed by atoms with Gasteiger partial charge >= 0.3 is 5.97 Å². The second kappa shape index (κ2) is 5.87. The van der Waals surface area contributed by atoms with E-state index >= 15 is 0 Å². The van der Waals surface area contributed by atoms with E-state index in [2.05, 4.69) is 10.5 Å². The van der Waals surface area contributed by atoms with Gasteiger partial charge in [-0.25, -0.2) is 0 Å². The number of nitrogens with zero attached hydrogens (tertiary/aromatic N) is 1. The highest BCUT2D eigenvalue weighted by Gasteiger charge is 2.45. The van der Waals surface area contributed by atoms with Crippen LogP contribution < -0.4 is 5.32 Å². The van der Waals surface area contributed by atoms with Crippen LogP contribution in [0.1, 0.15) is 49.6 Å². The lowest BCUT2D eigenvalue weighted by molar-refractivity contribution is -0.157. The van der Waals surface area contributed by atoms with E-state index in [-0.39, 0.29) is 18.4 Å². The van der Waals surface area contributed by atoms with E-state index in [0.29, 0.717) is 19.3 Å². The highest BCUT2D eigenvalue weighted by molar-refractivity contribution is 5.85. The first-order valence-electron chi connectivity index (χ1n) is 7.28. The molecular weight excluding hydrogens is 272 g/mol. The van der Waals surface area contributed by atoms with E-state index in [4.69, 9.17) is 4.52 Å². The van der Waals surface area contributed by atoms with Crippen molar-refractivity contribution in [1.29, 1.82) is 0 Å². The molecule has 116 valence electrons. The molecule has 6 heteroatoms. The Morgan fingerprint density at radius 3 is 2.52 bits per heavy atom. The normalized spacial score (nSPS) is 17.9. The Balaban J connectivity index is 1.89. The lowest BCUT2D eigenvalue weighted by Gasteiger charge is -2.37. The number of carbonyl (C=O) groups excluding carboxylic acids is 1. The van der Waals surface area contributed by atoms with Gasteiger partial charge in [0.1, 0.15) is 5.76 Å². The molecule has 1 unspecified atom stereocenters. The van der Waals surface area contributed by atoms with E-state index in [0.717, 1.165) is 23.4 Å². The monoisotopic (exact) mass is 294 g/mol. The molecule has 0 aromatic carbocycles. The summed E-state index contributed by atoms with van der Waals surface area (Å²) in [4.78, 5) is 23.3. The first-order chi connectivity index (χ1) is 9.84. The summed E-state index contributed by atoms with van der Waals surface area (Å²) >= 11 is 0. The Labute approximate surface area is 123 Å². The molecule has 0 bridgehead atoms.